The Kier molecular flexibility index (Phi) is 59.5. The highest BCUT2D eigenvalue weighted by Gasteiger charge is 2.20. The number of ether oxygens (including phenoxy) is 1. The van der Waals surface area contributed by atoms with Crippen LogP contribution in [0, 0.1) is 0 Å². The molecule has 0 bridgehead atoms. The van der Waals surface area contributed by atoms with E-state index in [1.807, 2.05) is 0 Å². The second-order valence-corrected chi connectivity index (χ2v) is 22.1. The predicted octanol–water partition coefficient (Wildman–Crippen LogP) is 20.2. The Balaban J connectivity index is 3.37. The second-order valence-electron chi connectivity index (χ2n) is 22.1. The summed E-state index contributed by atoms with van der Waals surface area (Å²) in [5, 5.41) is 23.3. The largest absolute Gasteiger partial charge is 0.466 e. The number of rotatable bonds is 60. The van der Waals surface area contributed by atoms with Crippen LogP contribution in [0.5, 0.6) is 0 Å². The molecule has 0 aliphatic carbocycles. The first-order valence-electron chi connectivity index (χ1n) is 32.1. The standard InChI is InChI=1S/C65H125NO5/c1-3-5-7-9-11-13-15-17-19-30-33-37-41-45-49-53-57-63(68)62(61-67)66-64(69)58-54-50-46-42-38-34-31-27-25-23-21-20-22-24-26-28-32-36-40-44-48-52-56-60-71-65(70)59-55-51-47-43-39-35-29-18-16-14-12-10-8-6-4-2/h12,14,18,29,62-63,67-68H,3-11,13,15-17,19-28,30-61H2,1-2H3,(H,66,69)/b14-12-,29-18-. The van der Waals surface area contributed by atoms with Crippen LogP contribution < -0.4 is 5.32 Å². The van der Waals surface area contributed by atoms with E-state index in [2.05, 4.69) is 43.5 Å². The summed E-state index contributed by atoms with van der Waals surface area (Å²) in [7, 11) is 0. The number of hydrogen-bond donors (Lipinski definition) is 3. The fourth-order valence-corrected chi connectivity index (χ4v) is 10.1. The number of aliphatic hydroxyl groups excluding tert-OH is 2. The van der Waals surface area contributed by atoms with Crippen molar-refractivity contribution in [2.24, 2.45) is 0 Å². The zero-order chi connectivity index (χ0) is 51.4. The van der Waals surface area contributed by atoms with Gasteiger partial charge in [0, 0.05) is 12.8 Å². The number of esters is 1. The van der Waals surface area contributed by atoms with Crippen LogP contribution in [-0.2, 0) is 14.3 Å². The minimum absolute atomic E-state index is 0.000908. The average Bonchev–Trinajstić information content (AvgIpc) is 3.37. The van der Waals surface area contributed by atoms with Gasteiger partial charge in [-0.25, -0.2) is 0 Å². The monoisotopic (exact) mass is 1000 g/mol. The van der Waals surface area contributed by atoms with Gasteiger partial charge in [-0.15, -0.1) is 0 Å². The van der Waals surface area contributed by atoms with Gasteiger partial charge in [0.25, 0.3) is 0 Å². The highest BCUT2D eigenvalue weighted by molar-refractivity contribution is 5.76. The van der Waals surface area contributed by atoms with Gasteiger partial charge in [0.05, 0.1) is 25.4 Å². The number of carbonyl (C=O) groups excluding carboxylic acids is 2. The van der Waals surface area contributed by atoms with Gasteiger partial charge in [-0.05, 0) is 57.8 Å². The van der Waals surface area contributed by atoms with Crippen molar-refractivity contribution in [3.05, 3.63) is 24.3 Å². The molecular formula is C65H125NO5. The number of amides is 1. The van der Waals surface area contributed by atoms with E-state index in [4.69, 9.17) is 4.74 Å². The molecule has 0 radical (unpaired) electrons. The number of allylic oxidation sites excluding steroid dienone is 4. The summed E-state index contributed by atoms with van der Waals surface area (Å²) in [4.78, 5) is 24.6. The minimum atomic E-state index is -0.664. The fraction of sp³-hybridized carbons (Fsp3) is 0.908. The second kappa shape index (κ2) is 60.9. The molecule has 71 heavy (non-hydrogen) atoms. The number of unbranched alkanes of at least 4 members (excludes halogenated alkanes) is 45. The van der Waals surface area contributed by atoms with Crippen LogP contribution in [0.2, 0.25) is 0 Å². The lowest BCUT2D eigenvalue weighted by Crippen LogP contribution is -2.45. The topological polar surface area (TPSA) is 95.9 Å². The predicted molar refractivity (Wildman–Crippen MR) is 310 cm³/mol. The summed E-state index contributed by atoms with van der Waals surface area (Å²) in [6, 6.07) is -0.541. The lowest BCUT2D eigenvalue weighted by atomic mass is 10.0. The quantitative estimate of drug-likeness (QED) is 0.0320. The van der Waals surface area contributed by atoms with Crippen LogP contribution in [0.4, 0.5) is 0 Å². The molecule has 2 unspecified atom stereocenters. The van der Waals surface area contributed by atoms with Crippen molar-refractivity contribution in [2.75, 3.05) is 13.2 Å². The number of aliphatic hydroxyl groups is 2. The van der Waals surface area contributed by atoms with Gasteiger partial charge in [-0.3, -0.25) is 9.59 Å². The van der Waals surface area contributed by atoms with Crippen LogP contribution in [-0.4, -0.2) is 47.4 Å². The molecule has 0 aliphatic heterocycles. The molecule has 0 aromatic carbocycles. The van der Waals surface area contributed by atoms with Crippen molar-refractivity contribution in [1.82, 2.24) is 5.32 Å². The molecule has 2 atom stereocenters. The van der Waals surface area contributed by atoms with Gasteiger partial charge in [-0.1, -0.05) is 308 Å². The lowest BCUT2D eigenvalue weighted by Gasteiger charge is -2.22. The van der Waals surface area contributed by atoms with E-state index >= 15 is 0 Å². The first-order chi connectivity index (χ1) is 35.0. The fourth-order valence-electron chi connectivity index (χ4n) is 10.1. The van der Waals surface area contributed by atoms with E-state index in [0.29, 0.717) is 25.9 Å². The van der Waals surface area contributed by atoms with E-state index in [9.17, 15) is 19.8 Å². The molecule has 0 aromatic heterocycles. The highest BCUT2D eigenvalue weighted by Crippen LogP contribution is 2.18. The molecule has 1 amide bonds. The summed E-state index contributed by atoms with van der Waals surface area (Å²) in [6.07, 6.45) is 74.8. The molecule has 0 spiro atoms. The third-order valence-electron chi connectivity index (χ3n) is 15.0. The smallest absolute Gasteiger partial charge is 0.305 e. The molecule has 0 saturated carbocycles. The summed E-state index contributed by atoms with van der Waals surface area (Å²) >= 11 is 0. The van der Waals surface area contributed by atoms with E-state index < -0.39 is 12.1 Å². The molecule has 0 saturated heterocycles. The Bertz CT molecular complexity index is 1110. The highest BCUT2D eigenvalue weighted by atomic mass is 16.5. The van der Waals surface area contributed by atoms with E-state index in [1.165, 1.54) is 270 Å². The zero-order valence-corrected chi connectivity index (χ0v) is 48.0. The van der Waals surface area contributed by atoms with Gasteiger partial charge in [0.2, 0.25) is 5.91 Å². The molecule has 420 valence electrons. The van der Waals surface area contributed by atoms with Crippen LogP contribution in [0.15, 0.2) is 24.3 Å². The van der Waals surface area contributed by atoms with E-state index in [0.717, 1.165) is 51.4 Å². The third-order valence-corrected chi connectivity index (χ3v) is 15.0. The van der Waals surface area contributed by atoms with Gasteiger partial charge in [-0.2, -0.15) is 0 Å². The van der Waals surface area contributed by atoms with Crippen LogP contribution >= 0.6 is 0 Å². The summed E-state index contributed by atoms with van der Waals surface area (Å²) in [6.45, 7) is 4.94. The van der Waals surface area contributed by atoms with Crippen molar-refractivity contribution >= 4 is 11.9 Å². The number of nitrogens with one attached hydrogen (secondary N) is 1. The maximum atomic E-state index is 12.5. The Morgan fingerprint density at radius 3 is 1.10 bits per heavy atom. The Hall–Kier alpha value is -1.66. The Labute approximate surface area is 443 Å². The zero-order valence-electron chi connectivity index (χ0n) is 48.0. The molecular weight excluding hydrogens is 875 g/mol. The molecule has 0 rings (SSSR count). The SMILES string of the molecule is CCCCC/C=C\C/C=C\CCCCCCCC(=O)OCCCCCCCCCCCCCCCCCCCCCCCCCC(=O)NC(CO)C(O)CCCCCCCCCCCCCCCCCC. The minimum Gasteiger partial charge on any atom is -0.466 e. The van der Waals surface area contributed by atoms with Crippen LogP contribution in [0.25, 0.3) is 0 Å². The number of hydrogen-bond acceptors (Lipinski definition) is 5. The average molecular weight is 1000 g/mol. The van der Waals surface area contributed by atoms with Crippen molar-refractivity contribution in [3.8, 4) is 0 Å². The van der Waals surface area contributed by atoms with Gasteiger partial charge in [0.1, 0.15) is 0 Å². The summed E-state index contributed by atoms with van der Waals surface area (Å²) in [5.41, 5.74) is 0. The van der Waals surface area contributed by atoms with Crippen LogP contribution in [0.3, 0.4) is 0 Å². The van der Waals surface area contributed by atoms with Gasteiger partial charge in [0.15, 0.2) is 0 Å². The molecule has 0 aliphatic rings. The molecule has 0 aromatic rings. The van der Waals surface area contributed by atoms with Crippen molar-refractivity contribution in [3.63, 3.8) is 0 Å². The Morgan fingerprint density at radius 1 is 0.394 bits per heavy atom. The van der Waals surface area contributed by atoms with E-state index in [-0.39, 0.29) is 18.5 Å². The molecule has 0 heterocycles. The molecule has 3 N–H and O–H groups in total. The summed E-state index contributed by atoms with van der Waals surface area (Å²) < 4.78 is 5.48. The molecule has 6 heteroatoms. The first kappa shape index (κ1) is 69.3. The van der Waals surface area contributed by atoms with Gasteiger partial charge < -0.3 is 20.3 Å². The van der Waals surface area contributed by atoms with Gasteiger partial charge >= 0.3 is 5.97 Å². The molecule has 0 fully saturated rings. The lowest BCUT2D eigenvalue weighted by molar-refractivity contribution is -0.143. The Morgan fingerprint density at radius 2 is 0.704 bits per heavy atom. The normalized spacial score (nSPS) is 12.7. The first-order valence-corrected chi connectivity index (χ1v) is 32.1. The summed E-state index contributed by atoms with van der Waals surface area (Å²) in [5.74, 6) is -0.0311. The maximum absolute atomic E-state index is 12.5. The van der Waals surface area contributed by atoms with E-state index in [1.54, 1.807) is 0 Å². The molecule has 6 nitrogen and oxygen atoms in total. The van der Waals surface area contributed by atoms with Crippen LogP contribution in [0.1, 0.15) is 354 Å². The maximum Gasteiger partial charge on any atom is 0.305 e. The van der Waals surface area contributed by atoms with Crippen molar-refractivity contribution in [1.29, 1.82) is 0 Å². The van der Waals surface area contributed by atoms with Crippen molar-refractivity contribution in [2.45, 2.75) is 366 Å². The number of carbonyl (C=O) groups is 2. The van der Waals surface area contributed by atoms with Crippen molar-refractivity contribution < 1.29 is 24.5 Å². The third kappa shape index (κ3) is 57.5.